The summed E-state index contributed by atoms with van der Waals surface area (Å²) in [5.74, 6) is -1.79. The highest BCUT2D eigenvalue weighted by Crippen LogP contribution is 2.12. The predicted molar refractivity (Wildman–Crippen MR) is 99.8 cm³/mol. The van der Waals surface area contributed by atoms with E-state index in [2.05, 4.69) is 27.3 Å². The van der Waals surface area contributed by atoms with Crippen molar-refractivity contribution in [2.24, 2.45) is 0 Å². The van der Waals surface area contributed by atoms with Crippen LogP contribution in [-0.4, -0.2) is 54.2 Å². The van der Waals surface area contributed by atoms with Crippen molar-refractivity contribution < 1.29 is 28.7 Å². The Balaban J connectivity index is 5.07. The monoisotopic (exact) mass is 385 g/mol. The molecule has 0 aliphatic rings. The fourth-order valence-electron chi connectivity index (χ4n) is 2.01. The highest BCUT2D eigenvalue weighted by atomic mass is 16.6. The molecule has 0 bridgehead atoms. The van der Waals surface area contributed by atoms with Crippen LogP contribution in [0.25, 0.3) is 0 Å². The molecular weight excluding hydrogens is 354 g/mol. The van der Waals surface area contributed by atoms with Crippen LogP contribution in [0.15, 0.2) is 12.7 Å². The average Bonchev–Trinajstić information content (AvgIpc) is 2.51. The second-order valence-electron chi connectivity index (χ2n) is 7.40. The molecule has 3 atom stereocenters. The largest absolute Gasteiger partial charge is 0.467 e. The van der Waals surface area contributed by atoms with Gasteiger partial charge in [0, 0.05) is 0 Å². The van der Waals surface area contributed by atoms with Gasteiger partial charge in [-0.15, -0.1) is 6.58 Å². The number of carbonyl (C=O) groups excluding carboxylic acids is 4. The first kappa shape index (κ1) is 24.4. The Bertz CT molecular complexity index is 584. The average molecular weight is 385 g/mol. The molecule has 0 aromatic carbocycles. The van der Waals surface area contributed by atoms with Gasteiger partial charge in [0.2, 0.25) is 11.8 Å². The summed E-state index contributed by atoms with van der Waals surface area (Å²) in [5.41, 5.74) is -2.08. The molecule has 9 heteroatoms. The number of methoxy groups -OCH3 is 1. The van der Waals surface area contributed by atoms with Crippen molar-refractivity contribution in [2.45, 2.75) is 71.2 Å². The third kappa shape index (κ3) is 8.57. The van der Waals surface area contributed by atoms with Gasteiger partial charge in [0.25, 0.3) is 0 Å². The molecule has 0 spiro atoms. The summed E-state index contributed by atoms with van der Waals surface area (Å²) in [4.78, 5) is 48.3. The predicted octanol–water partition coefficient (Wildman–Crippen LogP) is 1.03. The molecule has 0 rings (SSSR count). The normalized spacial score (nSPS) is 15.4. The van der Waals surface area contributed by atoms with Gasteiger partial charge in [-0.2, -0.15) is 0 Å². The number of nitrogens with one attached hydrogen (secondary N) is 3. The number of alkyl carbamates (subject to hydrolysis) is 1. The minimum Gasteiger partial charge on any atom is -0.467 e. The van der Waals surface area contributed by atoms with E-state index < -0.39 is 47.1 Å². The van der Waals surface area contributed by atoms with Gasteiger partial charge >= 0.3 is 12.1 Å². The van der Waals surface area contributed by atoms with Crippen molar-refractivity contribution in [1.29, 1.82) is 0 Å². The van der Waals surface area contributed by atoms with Gasteiger partial charge < -0.3 is 25.4 Å². The van der Waals surface area contributed by atoms with E-state index in [0.29, 0.717) is 0 Å². The lowest BCUT2D eigenvalue weighted by Crippen LogP contribution is -2.61. The first-order chi connectivity index (χ1) is 12.3. The van der Waals surface area contributed by atoms with Gasteiger partial charge in [-0.05, 0) is 48.0 Å². The van der Waals surface area contributed by atoms with E-state index in [4.69, 9.17) is 4.74 Å². The molecule has 0 unspecified atom stereocenters. The highest BCUT2D eigenvalue weighted by molar-refractivity contribution is 5.95. The zero-order valence-corrected chi connectivity index (χ0v) is 17.1. The maximum absolute atomic E-state index is 12.6. The molecule has 27 heavy (non-hydrogen) atoms. The molecule has 0 fully saturated rings. The molecule has 0 aliphatic carbocycles. The molecule has 154 valence electrons. The van der Waals surface area contributed by atoms with Crippen molar-refractivity contribution in [1.82, 2.24) is 16.0 Å². The molecule has 0 aromatic rings. The van der Waals surface area contributed by atoms with E-state index >= 15 is 0 Å². The third-order valence-corrected chi connectivity index (χ3v) is 3.48. The van der Waals surface area contributed by atoms with Gasteiger partial charge in [0.05, 0.1) is 7.11 Å². The van der Waals surface area contributed by atoms with E-state index in [0.717, 1.165) is 0 Å². The van der Waals surface area contributed by atoms with Crippen LogP contribution in [0.1, 0.15) is 48.0 Å². The number of hydrogen-bond acceptors (Lipinski definition) is 6. The van der Waals surface area contributed by atoms with Crippen LogP contribution in [0.5, 0.6) is 0 Å². The summed E-state index contributed by atoms with van der Waals surface area (Å²) in [6, 6.07) is -1.84. The molecule has 3 N–H and O–H groups in total. The van der Waals surface area contributed by atoms with Gasteiger partial charge in [0.1, 0.15) is 23.2 Å². The molecular formula is C18H31N3O6. The smallest absolute Gasteiger partial charge is 0.408 e. The Morgan fingerprint density at radius 2 is 1.59 bits per heavy atom. The SMILES string of the molecule is C=CC[C@@](C)(NC(=O)[C@H](C)NC(=O)OC(C)(C)C)C(=O)N[C@H](C)C(=O)OC. The van der Waals surface area contributed by atoms with Gasteiger partial charge in [-0.25, -0.2) is 9.59 Å². The van der Waals surface area contributed by atoms with Crippen LogP contribution in [0.3, 0.4) is 0 Å². The lowest BCUT2D eigenvalue weighted by atomic mass is 9.95. The molecule has 0 saturated carbocycles. The maximum Gasteiger partial charge on any atom is 0.408 e. The minimum atomic E-state index is -1.37. The van der Waals surface area contributed by atoms with Crippen LogP contribution in [0.4, 0.5) is 4.79 Å². The van der Waals surface area contributed by atoms with E-state index in [1.807, 2.05) is 0 Å². The molecule has 3 amide bonds. The van der Waals surface area contributed by atoms with Gasteiger partial charge in [0.15, 0.2) is 0 Å². The molecule has 0 aliphatic heterocycles. The van der Waals surface area contributed by atoms with Crippen LogP contribution in [0, 0.1) is 0 Å². The number of amides is 3. The summed E-state index contributed by atoms with van der Waals surface area (Å²) >= 11 is 0. The quantitative estimate of drug-likeness (QED) is 0.424. The highest BCUT2D eigenvalue weighted by Gasteiger charge is 2.36. The van der Waals surface area contributed by atoms with Crippen molar-refractivity contribution >= 4 is 23.9 Å². The fourth-order valence-corrected chi connectivity index (χ4v) is 2.01. The van der Waals surface area contributed by atoms with Crippen LogP contribution in [0.2, 0.25) is 0 Å². The van der Waals surface area contributed by atoms with Gasteiger partial charge in [-0.1, -0.05) is 6.08 Å². The van der Waals surface area contributed by atoms with Crippen LogP contribution >= 0.6 is 0 Å². The van der Waals surface area contributed by atoms with Crippen LogP contribution in [-0.2, 0) is 23.9 Å². The standard InChI is InChI=1S/C18H31N3O6/c1-9-10-18(7,15(24)19-12(3)14(23)26-8)21-13(22)11(2)20-16(25)27-17(4,5)6/h9,11-12H,1,10H2,2-8H3,(H,19,24)(H,20,25)(H,21,22)/t11-,12+,18+/m0/s1. The lowest BCUT2D eigenvalue weighted by Gasteiger charge is -2.31. The summed E-state index contributed by atoms with van der Waals surface area (Å²) in [6.45, 7) is 13.1. The van der Waals surface area contributed by atoms with E-state index in [1.165, 1.54) is 34.0 Å². The first-order valence-electron chi connectivity index (χ1n) is 8.57. The van der Waals surface area contributed by atoms with Crippen molar-refractivity contribution in [3.05, 3.63) is 12.7 Å². The Morgan fingerprint density at radius 1 is 1.04 bits per heavy atom. The zero-order chi connectivity index (χ0) is 21.4. The van der Waals surface area contributed by atoms with E-state index in [9.17, 15) is 19.2 Å². The summed E-state index contributed by atoms with van der Waals surface area (Å²) in [5, 5.41) is 7.47. The Morgan fingerprint density at radius 3 is 2.04 bits per heavy atom. The van der Waals surface area contributed by atoms with Crippen molar-refractivity contribution in [2.75, 3.05) is 7.11 Å². The van der Waals surface area contributed by atoms with Crippen molar-refractivity contribution in [3.8, 4) is 0 Å². The number of esters is 1. The molecule has 0 aromatic heterocycles. The Hall–Kier alpha value is -2.58. The Kier molecular flexibility index (Phi) is 8.99. The maximum atomic E-state index is 12.6. The zero-order valence-electron chi connectivity index (χ0n) is 17.1. The number of rotatable bonds is 8. The molecule has 9 nitrogen and oxygen atoms in total. The van der Waals surface area contributed by atoms with E-state index in [1.54, 1.807) is 20.8 Å². The summed E-state index contributed by atoms with van der Waals surface area (Å²) in [6.07, 6.45) is 0.825. The summed E-state index contributed by atoms with van der Waals surface area (Å²) in [7, 11) is 1.21. The van der Waals surface area contributed by atoms with Crippen LogP contribution < -0.4 is 16.0 Å². The third-order valence-electron chi connectivity index (χ3n) is 3.48. The number of ether oxygens (including phenoxy) is 2. The minimum absolute atomic E-state index is 0.109. The second kappa shape index (κ2) is 9.94. The Labute approximate surface area is 160 Å². The molecule has 0 heterocycles. The number of carbonyl (C=O) groups is 4. The molecule has 0 radical (unpaired) electrons. The number of hydrogen-bond donors (Lipinski definition) is 3. The van der Waals surface area contributed by atoms with E-state index in [-0.39, 0.29) is 6.42 Å². The van der Waals surface area contributed by atoms with Crippen molar-refractivity contribution in [3.63, 3.8) is 0 Å². The fraction of sp³-hybridized carbons (Fsp3) is 0.667. The topological polar surface area (TPSA) is 123 Å². The first-order valence-corrected chi connectivity index (χ1v) is 8.57. The second-order valence-corrected chi connectivity index (χ2v) is 7.40. The summed E-state index contributed by atoms with van der Waals surface area (Å²) < 4.78 is 9.66. The molecule has 0 saturated heterocycles. The lowest BCUT2D eigenvalue weighted by molar-refractivity contribution is -0.145. The van der Waals surface area contributed by atoms with Gasteiger partial charge in [-0.3, -0.25) is 9.59 Å².